The van der Waals surface area contributed by atoms with Crippen LogP contribution in [0, 0.1) is 11.6 Å². The van der Waals surface area contributed by atoms with E-state index in [9.17, 15) is 14.3 Å². The molecule has 1 aromatic heterocycles. The van der Waals surface area contributed by atoms with Crippen LogP contribution in [0.5, 0.6) is 11.5 Å². The Balaban J connectivity index is 1.72. The van der Waals surface area contributed by atoms with Gasteiger partial charge >= 0.3 is 0 Å². The number of hydrogen-bond donors (Lipinski definition) is 1. The molecule has 2 aliphatic rings. The number of phenols is 1. The second-order valence-corrected chi connectivity index (χ2v) is 8.24. The number of carbonyl (C=O) groups excluding carboxylic acids is 1. The van der Waals surface area contributed by atoms with Crippen LogP contribution in [0.4, 0.5) is 14.6 Å². The minimum absolute atomic E-state index is 0.0951. The summed E-state index contributed by atoms with van der Waals surface area (Å²) in [4.78, 5) is 24.3. The Morgan fingerprint density at radius 1 is 1.27 bits per heavy atom. The summed E-state index contributed by atoms with van der Waals surface area (Å²) in [6, 6.07) is 3.56. The van der Waals surface area contributed by atoms with E-state index in [-0.39, 0.29) is 51.4 Å². The summed E-state index contributed by atoms with van der Waals surface area (Å²) in [6.07, 6.45) is 3.05. The van der Waals surface area contributed by atoms with E-state index in [2.05, 4.69) is 16.5 Å². The molecule has 1 N–H and O–H groups in total. The fraction of sp³-hybridized carbons (Fsp3) is 0.261. The largest absolute Gasteiger partial charge is 0.507 e. The lowest BCUT2D eigenvalue weighted by molar-refractivity contribution is -0.126. The van der Waals surface area contributed by atoms with Crippen molar-refractivity contribution in [2.75, 3.05) is 31.1 Å². The third kappa shape index (κ3) is 3.34. The number of hydrogen-bond acceptors (Lipinski definition) is 6. The predicted octanol–water partition coefficient (Wildman–Crippen LogP) is 3.92. The average molecular weight is 473 g/mol. The van der Waals surface area contributed by atoms with Crippen LogP contribution in [-0.4, -0.2) is 58.2 Å². The number of halogens is 3. The molecule has 33 heavy (non-hydrogen) atoms. The zero-order valence-electron chi connectivity index (χ0n) is 17.4. The number of rotatable bonds is 2. The lowest BCUT2D eigenvalue weighted by atomic mass is 9.99. The molecule has 1 unspecified atom stereocenters. The number of ether oxygens (including phenoxy) is 1. The van der Waals surface area contributed by atoms with Crippen LogP contribution in [0.3, 0.4) is 0 Å². The van der Waals surface area contributed by atoms with Crippen molar-refractivity contribution >= 4 is 34.2 Å². The van der Waals surface area contributed by atoms with Gasteiger partial charge in [-0.15, -0.1) is 0 Å². The highest BCUT2D eigenvalue weighted by Gasteiger charge is 2.35. The maximum Gasteiger partial charge on any atom is 0.246 e. The molecule has 0 spiro atoms. The molecule has 1 fully saturated rings. The number of phenolic OH excluding ortho intramolecular Hbond substituents is 1. The first kappa shape index (κ1) is 21.4. The Hall–Kier alpha value is -3.46. The van der Waals surface area contributed by atoms with Gasteiger partial charge in [-0.05, 0) is 18.2 Å². The van der Waals surface area contributed by atoms with Crippen molar-refractivity contribution in [1.29, 1.82) is 0 Å². The molecule has 1 saturated heterocycles. The van der Waals surface area contributed by atoms with Crippen molar-refractivity contribution < 1.29 is 23.4 Å². The minimum atomic E-state index is -0.885. The van der Waals surface area contributed by atoms with E-state index in [1.807, 2.05) is 4.90 Å². The maximum atomic E-state index is 15.8. The van der Waals surface area contributed by atoms with E-state index in [1.54, 1.807) is 4.90 Å². The lowest BCUT2D eigenvalue weighted by Crippen LogP contribution is -2.55. The van der Waals surface area contributed by atoms with E-state index < -0.39 is 17.4 Å². The first-order chi connectivity index (χ1) is 15.9. The fourth-order valence-electron chi connectivity index (χ4n) is 4.53. The number of anilines is 1. The molecular weight excluding hydrogens is 454 g/mol. The monoisotopic (exact) mass is 472 g/mol. The Bertz CT molecular complexity index is 1280. The van der Waals surface area contributed by atoms with Gasteiger partial charge in [0.05, 0.1) is 28.6 Å². The van der Waals surface area contributed by atoms with Crippen LogP contribution in [-0.2, 0) is 4.79 Å². The van der Waals surface area contributed by atoms with Crippen LogP contribution >= 0.6 is 11.6 Å². The van der Waals surface area contributed by atoms with Gasteiger partial charge in [-0.25, -0.2) is 18.7 Å². The number of benzene rings is 2. The molecule has 3 aromatic rings. The maximum absolute atomic E-state index is 15.8. The lowest BCUT2D eigenvalue weighted by Gasteiger charge is -2.43. The van der Waals surface area contributed by atoms with Gasteiger partial charge in [0.25, 0.3) is 0 Å². The molecule has 0 radical (unpaired) electrons. The van der Waals surface area contributed by atoms with Crippen molar-refractivity contribution in [2.45, 2.75) is 12.5 Å². The highest BCUT2D eigenvalue weighted by molar-refractivity contribution is 6.36. The molecule has 5 rings (SSSR count). The third-order valence-electron chi connectivity index (χ3n) is 6.08. The summed E-state index contributed by atoms with van der Waals surface area (Å²) < 4.78 is 36.4. The summed E-state index contributed by atoms with van der Waals surface area (Å²) in [7, 11) is 0. The van der Waals surface area contributed by atoms with Gasteiger partial charge in [0, 0.05) is 31.6 Å². The summed E-state index contributed by atoms with van der Waals surface area (Å²) in [6.45, 7) is 5.11. The van der Waals surface area contributed by atoms with E-state index in [0.29, 0.717) is 31.9 Å². The molecule has 2 aromatic carbocycles. The summed E-state index contributed by atoms with van der Waals surface area (Å²) in [5.41, 5.74) is -0.779. The van der Waals surface area contributed by atoms with E-state index >= 15 is 4.39 Å². The highest BCUT2D eigenvalue weighted by Crippen LogP contribution is 2.49. The quantitative estimate of drug-likeness (QED) is 0.570. The molecule has 0 saturated carbocycles. The highest BCUT2D eigenvalue weighted by atomic mass is 35.5. The molecular formula is C23H19ClF2N4O3. The van der Waals surface area contributed by atoms with Crippen molar-refractivity contribution in [3.8, 4) is 22.6 Å². The van der Waals surface area contributed by atoms with Crippen LogP contribution in [0.2, 0.25) is 5.02 Å². The zero-order valence-corrected chi connectivity index (χ0v) is 18.1. The van der Waals surface area contributed by atoms with Crippen LogP contribution in [0.25, 0.3) is 22.0 Å². The molecule has 0 aliphatic carbocycles. The Morgan fingerprint density at radius 2 is 2.09 bits per heavy atom. The summed E-state index contributed by atoms with van der Waals surface area (Å²) in [5, 5.41) is 10.4. The molecule has 1 atom stereocenters. The van der Waals surface area contributed by atoms with Gasteiger partial charge in [0.2, 0.25) is 5.91 Å². The van der Waals surface area contributed by atoms with Crippen molar-refractivity contribution in [3.63, 3.8) is 0 Å². The number of carbonyl (C=O) groups is 1. The first-order valence-corrected chi connectivity index (χ1v) is 10.7. The number of nitrogens with zero attached hydrogens (tertiary/aromatic N) is 4. The Morgan fingerprint density at radius 3 is 2.85 bits per heavy atom. The van der Waals surface area contributed by atoms with Gasteiger partial charge in [-0.2, -0.15) is 0 Å². The minimum Gasteiger partial charge on any atom is -0.507 e. The number of piperazine rings is 1. The van der Waals surface area contributed by atoms with Gasteiger partial charge in [-0.3, -0.25) is 4.79 Å². The molecule has 2 aliphatic heterocycles. The third-order valence-corrected chi connectivity index (χ3v) is 6.44. The normalized spacial score (nSPS) is 17.7. The molecule has 0 bridgehead atoms. The van der Waals surface area contributed by atoms with Gasteiger partial charge in [0.1, 0.15) is 29.2 Å². The van der Waals surface area contributed by atoms with Crippen molar-refractivity contribution in [3.05, 3.63) is 53.8 Å². The second kappa shape index (κ2) is 8.15. The van der Waals surface area contributed by atoms with Crippen LogP contribution in [0.15, 0.2) is 37.2 Å². The van der Waals surface area contributed by atoms with E-state index in [1.165, 1.54) is 24.5 Å². The Kier molecular flexibility index (Phi) is 5.28. The Labute approximate surface area is 192 Å². The zero-order chi connectivity index (χ0) is 23.3. The van der Waals surface area contributed by atoms with E-state index in [4.69, 9.17) is 16.3 Å². The summed E-state index contributed by atoms with van der Waals surface area (Å²) >= 11 is 6.58. The first-order valence-electron chi connectivity index (χ1n) is 10.4. The SMILES string of the molecule is C=CC(=O)N1CCN2c3ncnc4c(F)c(-c5c(O)cccc5F)c(Cl)c(c34)OCCC2C1. The second-order valence-electron chi connectivity index (χ2n) is 7.86. The van der Waals surface area contributed by atoms with Crippen molar-refractivity contribution in [2.24, 2.45) is 0 Å². The van der Waals surface area contributed by atoms with Crippen LogP contribution in [0.1, 0.15) is 6.42 Å². The van der Waals surface area contributed by atoms with Gasteiger partial charge in [-0.1, -0.05) is 24.2 Å². The molecule has 3 heterocycles. The molecule has 170 valence electrons. The standard InChI is InChI=1S/C23H19ClF2N4O3/c1-2-15(32)29-7-8-30-12(10-29)6-9-33-22-18-21(27-11-28-23(18)30)20(26)17(19(22)24)16-13(25)4-3-5-14(16)31/h2-5,11-12,31H,1,6-10H2. The average Bonchev–Trinajstić information content (AvgIpc) is 2.80. The number of aromatic nitrogens is 2. The van der Waals surface area contributed by atoms with Gasteiger partial charge in [0.15, 0.2) is 11.6 Å². The smallest absolute Gasteiger partial charge is 0.246 e. The number of fused-ring (bicyclic) bond motifs is 2. The van der Waals surface area contributed by atoms with Gasteiger partial charge < -0.3 is 19.6 Å². The number of aromatic hydroxyl groups is 1. The number of amides is 1. The molecule has 1 amide bonds. The predicted molar refractivity (Wildman–Crippen MR) is 120 cm³/mol. The fourth-order valence-corrected chi connectivity index (χ4v) is 4.86. The van der Waals surface area contributed by atoms with E-state index in [0.717, 1.165) is 6.07 Å². The molecule has 7 nitrogen and oxygen atoms in total. The molecule has 10 heteroatoms. The van der Waals surface area contributed by atoms with Crippen molar-refractivity contribution in [1.82, 2.24) is 14.9 Å². The summed E-state index contributed by atoms with van der Waals surface area (Å²) in [5.74, 6) is -1.77. The topological polar surface area (TPSA) is 78.8 Å². The van der Waals surface area contributed by atoms with Crippen LogP contribution < -0.4 is 9.64 Å².